The summed E-state index contributed by atoms with van der Waals surface area (Å²) < 4.78 is 32.4. The van der Waals surface area contributed by atoms with Crippen LogP contribution >= 0.6 is 12.4 Å². The Labute approximate surface area is 207 Å². The van der Waals surface area contributed by atoms with Crippen molar-refractivity contribution in [2.45, 2.75) is 44.3 Å². The number of nitrogens with zero attached hydrogens (tertiary/aromatic N) is 3. The van der Waals surface area contributed by atoms with Gasteiger partial charge in [-0.3, -0.25) is 14.8 Å². The zero-order chi connectivity index (χ0) is 24.1. The minimum Gasteiger partial charge on any atom is -0.494 e. The van der Waals surface area contributed by atoms with E-state index in [0.29, 0.717) is 19.7 Å². The number of nitrogens with one attached hydrogen (secondary N) is 1. The van der Waals surface area contributed by atoms with E-state index >= 15 is 0 Å². The van der Waals surface area contributed by atoms with Crippen molar-refractivity contribution in [1.82, 2.24) is 14.7 Å². The molecule has 0 bridgehead atoms. The highest BCUT2D eigenvalue weighted by atomic mass is 35.5. The van der Waals surface area contributed by atoms with Gasteiger partial charge in [0.05, 0.1) is 6.61 Å². The number of benzene rings is 1. The Morgan fingerprint density at radius 3 is 2.15 bits per heavy atom. The number of piperazine rings is 1. The summed E-state index contributed by atoms with van der Waals surface area (Å²) in [5.74, 6) is -0.296. The van der Waals surface area contributed by atoms with Gasteiger partial charge in [0.25, 0.3) is 5.91 Å². The van der Waals surface area contributed by atoms with Crippen molar-refractivity contribution in [2.24, 2.45) is 0 Å². The highest BCUT2D eigenvalue weighted by Crippen LogP contribution is 2.34. The molecule has 2 saturated heterocycles. The molecule has 0 atom stereocenters. The molecule has 3 rings (SSSR count). The normalized spacial score (nSPS) is 18.7. The molecule has 2 aliphatic rings. The third-order valence-corrected chi connectivity index (χ3v) is 9.20. The van der Waals surface area contributed by atoms with Crippen LogP contribution < -0.4 is 15.1 Å². The highest BCUT2D eigenvalue weighted by molar-refractivity contribution is 7.91. The lowest BCUT2D eigenvalue weighted by molar-refractivity contribution is -0.137. The lowest BCUT2D eigenvalue weighted by Gasteiger charge is -2.44. The van der Waals surface area contributed by atoms with Gasteiger partial charge < -0.3 is 14.5 Å². The molecule has 12 heteroatoms. The number of hydrogen-bond donors (Lipinski definition) is 2. The molecule has 0 saturated carbocycles. The number of piperidine rings is 1. The smallest absolute Gasteiger partial charge is 0.266 e. The minimum absolute atomic E-state index is 0. The summed E-state index contributed by atoms with van der Waals surface area (Å²) in [5.41, 5.74) is 2.53. The molecule has 2 amide bonds. The summed E-state index contributed by atoms with van der Waals surface area (Å²) in [6.45, 7) is 5.92. The third-order valence-electron chi connectivity index (χ3n) is 6.57. The van der Waals surface area contributed by atoms with Gasteiger partial charge in [0.15, 0.2) is 4.75 Å². The molecule has 2 heterocycles. The zero-order valence-electron chi connectivity index (χ0n) is 19.7. The number of carbonyl (C=O) groups is 2. The van der Waals surface area contributed by atoms with Crippen LogP contribution in [0.3, 0.4) is 0 Å². The second-order valence-corrected chi connectivity index (χ2v) is 10.8. The number of hydrogen-bond acceptors (Lipinski definition) is 7. The van der Waals surface area contributed by atoms with Gasteiger partial charge in [-0.25, -0.2) is 13.9 Å². The average molecular weight is 519 g/mol. The van der Waals surface area contributed by atoms with Crippen LogP contribution in [0, 0.1) is 0 Å². The summed E-state index contributed by atoms with van der Waals surface area (Å²) in [7, 11) is -4.06. The number of amides is 2. The second kappa shape index (κ2) is 12.1. The summed E-state index contributed by atoms with van der Waals surface area (Å²) in [6, 6.07) is 7.75. The van der Waals surface area contributed by atoms with Crippen LogP contribution in [0.1, 0.15) is 39.5 Å². The fourth-order valence-corrected chi connectivity index (χ4v) is 6.52. The number of likely N-dealkylation sites (tertiary alicyclic amines) is 1. The van der Waals surface area contributed by atoms with Crippen LogP contribution in [0.5, 0.6) is 5.75 Å². The van der Waals surface area contributed by atoms with Crippen molar-refractivity contribution in [2.75, 3.05) is 50.8 Å². The van der Waals surface area contributed by atoms with Gasteiger partial charge in [-0.15, -0.1) is 12.4 Å². The van der Waals surface area contributed by atoms with Crippen molar-refractivity contribution >= 4 is 39.9 Å². The Hall–Kier alpha value is -2.08. The molecule has 2 fully saturated rings. The van der Waals surface area contributed by atoms with Gasteiger partial charge in [-0.1, -0.05) is 13.3 Å². The van der Waals surface area contributed by atoms with Gasteiger partial charge >= 0.3 is 0 Å². The fourth-order valence-electron chi connectivity index (χ4n) is 4.41. The van der Waals surface area contributed by atoms with E-state index in [1.54, 1.807) is 5.48 Å². The Bertz CT molecular complexity index is 927. The van der Waals surface area contributed by atoms with Gasteiger partial charge in [0, 0.05) is 51.9 Å². The monoisotopic (exact) mass is 518 g/mol. The molecule has 1 aromatic rings. The van der Waals surface area contributed by atoms with Crippen molar-refractivity contribution < 1.29 is 28.0 Å². The molecule has 34 heavy (non-hydrogen) atoms. The molecule has 2 aliphatic heterocycles. The van der Waals surface area contributed by atoms with E-state index in [9.17, 15) is 23.2 Å². The van der Waals surface area contributed by atoms with Crippen LogP contribution in [0.25, 0.3) is 0 Å². The Morgan fingerprint density at radius 2 is 1.65 bits per heavy atom. The van der Waals surface area contributed by atoms with E-state index in [2.05, 4.69) is 11.8 Å². The number of sulfonamides is 1. The van der Waals surface area contributed by atoms with Crippen molar-refractivity contribution in [3.8, 4) is 5.75 Å². The van der Waals surface area contributed by atoms with Crippen molar-refractivity contribution in [3.63, 3.8) is 0 Å². The summed E-state index contributed by atoms with van der Waals surface area (Å²) in [6.07, 6.45) is 1.96. The summed E-state index contributed by atoms with van der Waals surface area (Å²) in [5, 5.41) is 9.29. The maximum absolute atomic E-state index is 13.6. The van der Waals surface area contributed by atoms with Crippen LogP contribution in [0.4, 0.5) is 5.69 Å². The van der Waals surface area contributed by atoms with Crippen LogP contribution in [-0.4, -0.2) is 85.3 Å². The van der Waals surface area contributed by atoms with E-state index in [1.807, 2.05) is 24.3 Å². The number of anilines is 1. The number of carbonyl (C=O) groups excluding carboxylic acids is 2. The first kappa shape index (κ1) is 28.2. The standard InChI is InChI=1S/C22H34N4O6S.ClH/c1-3-4-17-32-20-7-5-19(6-8-20)25-13-15-26(16-14-25)33(30,31)22(21(28)23-29)9-11-24(12-10-22)18(2)27;/h5-8,29H,3-4,9-17H2,1-2H3,(H,23,28);1H. The topological polar surface area (TPSA) is 119 Å². The van der Waals surface area contributed by atoms with E-state index in [4.69, 9.17) is 4.74 Å². The Kier molecular flexibility index (Phi) is 9.98. The molecule has 2 N–H and O–H groups in total. The largest absolute Gasteiger partial charge is 0.494 e. The zero-order valence-corrected chi connectivity index (χ0v) is 21.4. The van der Waals surface area contributed by atoms with Crippen molar-refractivity contribution in [1.29, 1.82) is 0 Å². The SMILES string of the molecule is CCCCOc1ccc(N2CCN(S(=O)(=O)C3(C(=O)NO)CCN(C(C)=O)CC3)CC2)cc1.Cl. The summed E-state index contributed by atoms with van der Waals surface area (Å²) in [4.78, 5) is 27.9. The van der Waals surface area contributed by atoms with Crippen molar-refractivity contribution in [3.05, 3.63) is 24.3 Å². The van der Waals surface area contributed by atoms with Gasteiger partial charge in [-0.2, -0.15) is 4.31 Å². The first-order valence-electron chi connectivity index (χ1n) is 11.4. The molecule has 1 aromatic carbocycles. The van der Waals surface area contributed by atoms with Crippen LogP contribution in [0.2, 0.25) is 0 Å². The molecular formula is C22H35ClN4O6S. The first-order chi connectivity index (χ1) is 15.7. The minimum atomic E-state index is -4.06. The maximum atomic E-state index is 13.6. The molecule has 0 spiro atoms. The van der Waals surface area contributed by atoms with Gasteiger partial charge in [0.2, 0.25) is 15.9 Å². The molecule has 0 radical (unpaired) electrons. The fraction of sp³-hybridized carbons (Fsp3) is 0.636. The average Bonchev–Trinajstić information content (AvgIpc) is 2.84. The Balaban J connectivity index is 0.00000408. The van der Waals surface area contributed by atoms with Gasteiger partial charge in [-0.05, 0) is 43.5 Å². The van der Waals surface area contributed by atoms with E-state index in [1.165, 1.54) is 16.1 Å². The second-order valence-electron chi connectivity index (χ2n) is 8.53. The Morgan fingerprint density at radius 1 is 1.06 bits per heavy atom. The molecule has 0 aliphatic carbocycles. The molecular weight excluding hydrogens is 484 g/mol. The third kappa shape index (κ3) is 5.76. The lowest BCUT2D eigenvalue weighted by atomic mass is 9.95. The maximum Gasteiger partial charge on any atom is 0.266 e. The lowest BCUT2D eigenvalue weighted by Crippen LogP contribution is -2.63. The number of hydroxylamine groups is 1. The van der Waals surface area contributed by atoms with E-state index in [-0.39, 0.29) is 57.3 Å². The van der Waals surface area contributed by atoms with E-state index < -0.39 is 20.7 Å². The van der Waals surface area contributed by atoms with Gasteiger partial charge in [0.1, 0.15) is 5.75 Å². The summed E-state index contributed by atoms with van der Waals surface area (Å²) >= 11 is 0. The molecule has 0 aromatic heterocycles. The predicted octanol–water partition coefficient (Wildman–Crippen LogP) is 1.63. The number of rotatable bonds is 8. The molecule has 10 nitrogen and oxygen atoms in total. The first-order valence-corrected chi connectivity index (χ1v) is 12.9. The van der Waals surface area contributed by atoms with Crippen LogP contribution in [0.15, 0.2) is 24.3 Å². The highest BCUT2D eigenvalue weighted by Gasteiger charge is 2.55. The number of ether oxygens (including phenoxy) is 1. The molecule has 0 unspecified atom stereocenters. The van der Waals surface area contributed by atoms with E-state index in [0.717, 1.165) is 24.3 Å². The predicted molar refractivity (Wildman–Crippen MR) is 131 cm³/mol. The molecule has 192 valence electrons. The van der Waals surface area contributed by atoms with Crippen LogP contribution in [-0.2, 0) is 19.6 Å². The number of unbranched alkanes of at least 4 members (excludes halogenated alkanes) is 1. The quantitative estimate of drug-likeness (QED) is 0.305. The number of halogens is 1.